The molecule has 0 radical (unpaired) electrons. The Morgan fingerprint density at radius 1 is 1.40 bits per heavy atom. The van der Waals surface area contributed by atoms with Crippen LogP contribution in [0.15, 0.2) is 18.2 Å². The van der Waals surface area contributed by atoms with Crippen LogP contribution in [0.25, 0.3) is 0 Å². The van der Waals surface area contributed by atoms with Crippen molar-refractivity contribution in [3.8, 4) is 11.5 Å². The van der Waals surface area contributed by atoms with E-state index in [1.807, 2.05) is 0 Å². The highest BCUT2D eigenvalue weighted by Crippen LogP contribution is 2.29. The molecule has 1 fully saturated rings. The molecule has 1 saturated heterocycles. The van der Waals surface area contributed by atoms with Crippen LogP contribution in [-0.4, -0.2) is 32.0 Å². The minimum Gasteiger partial charge on any atom is -0.493 e. The molecule has 1 N–H and O–H groups in total. The van der Waals surface area contributed by atoms with Crippen LogP contribution in [0, 0.1) is 5.92 Å². The Bertz CT molecular complexity index is 513. The van der Waals surface area contributed by atoms with E-state index in [-0.39, 0.29) is 17.6 Å². The van der Waals surface area contributed by atoms with Crippen LogP contribution in [0.5, 0.6) is 11.5 Å². The smallest absolute Gasteiger partial charge is 0.220 e. The maximum Gasteiger partial charge on any atom is 0.220 e. The van der Waals surface area contributed by atoms with E-state index in [1.54, 1.807) is 25.3 Å². The number of benzene rings is 1. The molecule has 5 nitrogen and oxygen atoms in total. The van der Waals surface area contributed by atoms with Crippen LogP contribution in [0.2, 0.25) is 0 Å². The number of methoxy groups -OCH3 is 1. The highest BCUT2D eigenvalue weighted by Gasteiger charge is 2.20. The van der Waals surface area contributed by atoms with Gasteiger partial charge in [-0.2, -0.15) is 0 Å². The molecule has 1 unspecified atom stereocenters. The number of amides is 1. The molecule has 1 atom stereocenters. The molecule has 1 heterocycles. The van der Waals surface area contributed by atoms with Gasteiger partial charge in [0.25, 0.3) is 0 Å². The molecule has 2 rings (SSSR count). The number of hydrogen-bond donors (Lipinski definition) is 1. The summed E-state index contributed by atoms with van der Waals surface area (Å²) in [4.78, 5) is 22.6. The largest absolute Gasteiger partial charge is 0.493 e. The standard InChI is InChI=1S/C15H19NO4/c1-10(17)12-3-4-13(14(8-12)19-2)20-9-11-5-6-16-15(18)7-11/h3-4,8,11H,5-7,9H2,1-2H3,(H,16,18). The maximum absolute atomic E-state index is 11.3. The molecule has 0 saturated carbocycles. The third kappa shape index (κ3) is 3.50. The molecule has 0 bridgehead atoms. The average molecular weight is 277 g/mol. The second kappa shape index (κ2) is 6.41. The Labute approximate surface area is 118 Å². The number of piperidine rings is 1. The van der Waals surface area contributed by atoms with Crippen LogP contribution in [0.4, 0.5) is 0 Å². The predicted octanol–water partition coefficient (Wildman–Crippen LogP) is 1.80. The lowest BCUT2D eigenvalue weighted by atomic mass is 9.99. The molecular formula is C15H19NO4. The third-order valence-corrected chi connectivity index (χ3v) is 3.39. The van der Waals surface area contributed by atoms with E-state index >= 15 is 0 Å². The first kappa shape index (κ1) is 14.4. The summed E-state index contributed by atoms with van der Waals surface area (Å²) < 4.78 is 11.0. The minimum absolute atomic E-state index is 0.0150. The zero-order valence-corrected chi connectivity index (χ0v) is 11.8. The minimum atomic E-state index is -0.0150. The second-order valence-electron chi connectivity index (χ2n) is 4.94. The van der Waals surface area contributed by atoms with Crippen molar-refractivity contribution in [1.82, 2.24) is 5.32 Å². The molecule has 0 spiro atoms. The summed E-state index contributed by atoms with van der Waals surface area (Å²) in [5, 5.41) is 2.80. The molecule has 5 heteroatoms. The van der Waals surface area contributed by atoms with Gasteiger partial charge in [-0.25, -0.2) is 0 Å². The molecule has 20 heavy (non-hydrogen) atoms. The fraction of sp³-hybridized carbons (Fsp3) is 0.467. The van der Waals surface area contributed by atoms with Crippen LogP contribution < -0.4 is 14.8 Å². The van der Waals surface area contributed by atoms with Gasteiger partial charge < -0.3 is 14.8 Å². The SMILES string of the molecule is COc1cc(C(C)=O)ccc1OCC1CCNC(=O)C1. The number of Topliss-reactive ketones (excluding diaryl/α,β-unsaturated/α-hetero) is 1. The van der Waals surface area contributed by atoms with Gasteiger partial charge in [0.2, 0.25) is 5.91 Å². The summed E-state index contributed by atoms with van der Waals surface area (Å²) in [6.45, 7) is 2.69. The van der Waals surface area contributed by atoms with Crippen molar-refractivity contribution in [2.24, 2.45) is 5.92 Å². The number of rotatable bonds is 5. The summed E-state index contributed by atoms with van der Waals surface area (Å²) in [6, 6.07) is 5.12. The van der Waals surface area contributed by atoms with Crippen molar-refractivity contribution >= 4 is 11.7 Å². The van der Waals surface area contributed by atoms with Gasteiger partial charge in [-0.3, -0.25) is 9.59 Å². The van der Waals surface area contributed by atoms with Crippen molar-refractivity contribution < 1.29 is 19.1 Å². The highest BCUT2D eigenvalue weighted by atomic mass is 16.5. The van der Waals surface area contributed by atoms with Gasteiger partial charge in [0.15, 0.2) is 17.3 Å². The van der Waals surface area contributed by atoms with Gasteiger partial charge in [0.1, 0.15) is 0 Å². The van der Waals surface area contributed by atoms with Gasteiger partial charge in [-0.1, -0.05) is 0 Å². The van der Waals surface area contributed by atoms with Gasteiger partial charge in [0.05, 0.1) is 13.7 Å². The number of nitrogens with one attached hydrogen (secondary N) is 1. The maximum atomic E-state index is 11.3. The van der Waals surface area contributed by atoms with E-state index in [9.17, 15) is 9.59 Å². The van der Waals surface area contributed by atoms with E-state index in [2.05, 4.69) is 5.32 Å². The fourth-order valence-corrected chi connectivity index (χ4v) is 2.21. The molecule has 0 aliphatic carbocycles. The van der Waals surface area contributed by atoms with E-state index in [0.717, 1.165) is 6.42 Å². The van der Waals surface area contributed by atoms with Crippen molar-refractivity contribution in [3.63, 3.8) is 0 Å². The first-order valence-electron chi connectivity index (χ1n) is 6.68. The van der Waals surface area contributed by atoms with Crippen molar-refractivity contribution in [3.05, 3.63) is 23.8 Å². The monoisotopic (exact) mass is 277 g/mol. The van der Waals surface area contributed by atoms with E-state index in [1.165, 1.54) is 6.92 Å². The zero-order chi connectivity index (χ0) is 14.5. The van der Waals surface area contributed by atoms with Gasteiger partial charge in [-0.05, 0) is 31.5 Å². The molecule has 1 aromatic carbocycles. The molecular weight excluding hydrogens is 258 g/mol. The van der Waals surface area contributed by atoms with E-state index < -0.39 is 0 Å². The molecule has 0 aromatic heterocycles. The van der Waals surface area contributed by atoms with Crippen molar-refractivity contribution in [1.29, 1.82) is 0 Å². The first-order chi connectivity index (χ1) is 9.60. The highest BCUT2D eigenvalue weighted by molar-refractivity contribution is 5.94. The van der Waals surface area contributed by atoms with Gasteiger partial charge >= 0.3 is 0 Å². The summed E-state index contributed by atoms with van der Waals surface area (Å²) in [5.74, 6) is 1.42. The second-order valence-corrected chi connectivity index (χ2v) is 4.94. The quantitative estimate of drug-likeness (QED) is 0.834. The normalized spacial score (nSPS) is 18.3. The lowest BCUT2D eigenvalue weighted by Gasteiger charge is -2.22. The van der Waals surface area contributed by atoms with Crippen LogP contribution in [0.1, 0.15) is 30.1 Å². The van der Waals surface area contributed by atoms with Crippen molar-refractivity contribution in [2.45, 2.75) is 19.8 Å². The summed E-state index contributed by atoms with van der Waals surface area (Å²) >= 11 is 0. The van der Waals surface area contributed by atoms with Crippen molar-refractivity contribution in [2.75, 3.05) is 20.3 Å². The molecule has 1 aliphatic rings. The molecule has 1 aliphatic heterocycles. The number of ketones is 1. The Hall–Kier alpha value is -2.04. The Balaban J connectivity index is 2.01. The van der Waals surface area contributed by atoms with Crippen LogP contribution in [0.3, 0.4) is 0 Å². The molecule has 108 valence electrons. The molecule has 1 aromatic rings. The number of carbonyl (C=O) groups excluding carboxylic acids is 2. The van der Waals surface area contributed by atoms with Gasteiger partial charge in [-0.15, -0.1) is 0 Å². The van der Waals surface area contributed by atoms with E-state index in [4.69, 9.17) is 9.47 Å². The van der Waals surface area contributed by atoms with Crippen LogP contribution >= 0.6 is 0 Å². The summed E-state index contributed by atoms with van der Waals surface area (Å²) in [5.41, 5.74) is 0.589. The lowest BCUT2D eigenvalue weighted by Crippen LogP contribution is -2.35. The lowest BCUT2D eigenvalue weighted by molar-refractivity contribution is -0.123. The van der Waals surface area contributed by atoms with Gasteiger partial charge in [0, 0.05) is 24.4 Å². The Morgan fingerprint density at radius 3 is 2.85 bits per heavy atom. The average Bonchev–Trinajstić information content (AvgIpc) is 2.45. The predicted molar refractivity (Wildman–Crippen MR) is 74.2 cm³/mol. The van der Waals surface area contributed by atoms with Crippen LogP contribution in [-0.2, 0) is 4.79 Å². The fourth-order valence-electron chi connectivity index (χ4n) is 2.21. The topological polar surface area (TPSA) is 64.6 Å². The Morgan fingerprint density at radius 2 is 2.20 bits per heavy atom. The Kier molecular flexibility index (Phi) is 4.61. The number of carbonyl (C=O) groups is 2. The zero-order valence-electron chi connectivity index (χ0n) is 11.8. The summed E-state index contributed by atoms with van der Waals surface area (Å²) in [7, 11) is 1.54. The van der Waals surface area contributed by atoms with E-state index in [0.29, 0.717) is 36.6 Å². The molecule has 1 amide bonds. The summed E-state index contributed by atoms with van der Waals surface area (Å²) in [6.07, 6.45) is 1.41. The number of hydrogen-bond acceptors (Lipinski definition) is 4. The number of ether oxygens (including phenoxy) is 2. The first-order valence-corrected chi connectivity index (χ1v) is 6.68. The third-order valence-electron chi connectivity index (χ3n) is 3.39.